The van der Waals surface area contributed by atoms with E-state index in [1.165, 1.54) is 64.2 Å². The van der Waals surface area contributed by atoms with Gasteiger partial charge in [0.1, 0.15) is 0 Å². The molecule has 0 N–H and O–H groups in total. The molecule has 0 atom stereocenters. The lowest BCUT2D eigenvalue weighted by Crippen LogP contribution is -2.77. The number of nitrogens with zero attached hydrogens (tertiary/aromatic N) is 4. The van der Waals surface area contributed by atoms with Crippen molar-refractivity contribution in [2.45, 2.75) is 0 Å². The van der Waals surface area contributed by atoms with Gasteiger partial charge in [0.15, 0.2) is 16.1 Å². The lowest BCUT2D eigenvalue weighted by molar-refractivity contribution is 1.29. The maximum absolute atomic E-state index is 5.56. The molecule has 0 aliphatic carbocycles. The highest BCUT2D eigenvalue weighted by Gasteiger charge is 2.50. The highest BCUT2D eigenvalue weighted by Crippen LogP contribution is 2.42. The second-order valence-corrected chi connectivity index (χ2v) is 27.1. The van der Waals surface area contributed by atoms with Crippen molar-refractivity contribution in [2.75, 3.05) is 9.80 Å². The van der Waals surface area contributed by atoms with Gasteiger partial charge < -0.3 is 9.80 Å². The molecule has 1 aromatic heterocycles. The van der Waals surface area contributed by atoms with Crippen molar-refractivity contribution >= 4 is 135 Å². The molecule has 0 fully saturated rings. The smallest absolute Gasteiger partial charge is 0.184 e. The first-order valence-electron chi connectivity index (χ1n) is 25.5. The van der Waals surface area contributed by atoms with Crippen LogP contribution in [0.25, 0.3) is 43.6 Å². The second kappa shape index (κ2) is 16.7. The van der Waals surface area contributed by atoms with Crippen LogP contribution in [-0.4, -0.2) is 26.1 Å². The van der Waals surface area contributed by atoms with E-state index in [1.807, 2.05) is 0 Å². The third-order valence-electron chi connectivity index (χ3n) is 15.9. The molecular weight excluding hydrogens is 929 g/mol. The molecule has 0 amide bonds. The zero-order chi connectivity index (χ0) is 48.8. The van der Waals surface area contributed by atoms with Crippen LogP contribution < -0.4 is 51.3 Å². The van der Waals surface area contributed by atoms with Gasteiger partial charge in [-0.15, -0.1) is 0 Å². The van der Waals surface area contributed by atoms with Crippen LogP contribution in [0.2, 0.25) is 0 Å². The van der Waals surface area contributed by atoms with E-state index < -0.39 is 16.1 Å². The molecule has 15 rings (SSSR count). The van der Waals surface area contributed by atoms with Crippen LogP contribution in [0.4, 0.5) is 34.1 Å². The lowest BCUT2D eigenvalue weighted by Gasteiger charge is -2.45. The SMILES string of the molecule is c1ccc([Si]2(c3ccccc3)c3ccccc3N(c3ccc4c(ccc5nc6ccc7cc(N8c9ccccc9[Si](c9ccccc9)(c9ccccc9)c9ccccc98)ccc7c6nc54)c3)c3ccccc32)cc1. The molecule has 12 aromatic carbocycles. The number of fused-ring (bicyclic) bond motifs is 10. The summed E-state index contributed by atoms with van der Waals surface area (Å²) in [6, 6.07) is 104. The highest BCUT2D eigenvalue weighted by atomic mass is 28.3. The number of hydrogen-bond donors (Lipinski definition) is 0. The molecule has 0 radical (unpaired) electrons. The Morgan fingerprint density at radius 1 is 0.257 bits per heavy atom. The molecule has 0 unspecified atom stereocenters. The van der Waals surface area contributed by atoms with Crippen molar-refractivity contribution in [2.24, 2.45) is 0 Å². The fourth-order valence-electron chi connectivity index (χ4n) is 12.9. The molecule has 2 aliphatic rings. The fourth-order valence-corrected chi connectivity index (χ4v) is 23.1. The minimum absolute atomic E-state index is 0.884. The summed E-state index contributed by atoms with van der Waals surface area (Å²) in [5.74, 6) is 0. The van der Waals surface area contributed by atoms with Gasteiger partial charge in [0, 0.05) is 44.9 Å². The van der Waals surface area contributed by atoms with Gasteiger partial charge in [-0.3, -0.25) is 0 Å². The summed E-state index contributed by atoms with van der Waals surface area (Å²) in [5.41, 5.74) is 10.7. The van der Waals surface area contributed by atoms with E-state index in [4.69, 9.17) is 9.97 Å². The zero-order valence-corrected chi connectivity index (χ0v) is 42.3. The summed E-state index contributed by atoms with van der Waals surface area (Å²) in [7, 11) is -5.45. The van der Waals surface area contributed by atoms with E-state index in [0.29, 0.717) is 0 Å². The maximum atomic E-state index is 5.56. The monoisotopic (exact) mass is 974 g/mol. The van der Waals surface area contributed by atoms with Crippen LogP contribution in [0.3, 0.4) is 0 Å². The fraction of sp³-hybridized carbons (Fsp3) is 0. The average molecular weight is 975 g/mol. The highest BCUT2D eigenvalue weighted by molar-refractivity contribution is 7.22. The van der Waals surface area contributed by atoms with Crippen molar-refractivity contribution < 1.29 is 0 Å². The normalized spacial score (nSPS) is 14.1. The number of hydrogen-bond acceptors (Lipinski definition) is 4. The number of para-hydroxylation sites is 4. The number of anilines is 6. The Kier molecular flexibility index (Phi) is 9.57. The molecule has 6 heteroatoms. The summed E-state index contributed by atoms with van der Waals surface area (Å²) < 4.78 is 0. The van der Waals surface area contributed by atoms with E-state index in [9.17, 15) is 0 Å². The molecule has 2 aliphatic heterocycles. The van der Waals surface area contributed by atoms with Crippen LogP contribution in [0, 0.1) is 0 Å². The van der Waals surface area contributed by atoms with E-state index >= 15 is 0 Å². The Morgan fingerprint density at radius 3 is 0.878 bits per heavy atom. The molecule has 0 spiro atoms. The largest absolute Gasteiger partial charge is 0.311 e. The summed E-state index contributed by atoms with van der Waals surface area (Å²) in [4.78, 5) is 15.8. The summed E-state index contributed by atoms with van der Waals surface area (Å²) in [5, 5.41) is 15.4. The molecule has 3 heterocycles. The lowest BCUT2D eigenvalue weighted by atomic mass is 10.0. The molecule has 0 saturated heterocycles. The molecule has 346 valence electrons. The minimum atomic E-state index is -2.73. The van der Waals surface area contributed by atoms with Gasteiger partial charge >= 0.3 is 0 Å². The van der Waals surface area contributed by atoms with Gasteiger partial charge in [-0.05, 0) is 113 Å². The van der Waals surface area contributed by atoms with Gasteiger partial charge in [0.05, 0.1) is 22.1 Å². The quantitative estimate of drug-likeness (QED) is 0.0944. The van der Waals surface area contributed by atoms with Crippen molar-refractivity contribution in [1.29, 1.82) is 0 Å². The van der Waals surface area contributed by atoms with Crippen molar-refractivity contribution in [3.63, 3.8) is 0 Å². The first kappa shape index (κ1) is 42.5. The first-order chi connectivity index (χ1) is 36.7. The van der Waals surface area contributed by atoms with Crippen LogP contribution in [0.5, 0.6) is 0 Å². The standard InChI is InChI=1S/C68H46N4Si2/c1-5-21-51(22-6-1)73(52-23-7-2-8-24-52)63-33-17-13-29-59(63)71(60-30-14-18-34-64(60)73)49-39-41-55-47(45-49)37-43-57-67(55)70-68-56-42-40-50(46-48(56)38-44-58(68)69-57)72-61-31-15-19-35-65(61)74(53-25-9-3-10-26-53,54-27-11-4-12-28-54)66-36-20-16-32-62(66)72/h1-46H. The third-order valence-corrected chi connectivity index (χ3v) is 25.6. The summed E-state index contributed by atoms with van der Waals surface area (Å²) >= 11 is 0. The van der Waals surface area contributed by atoms with Gasteiger partial charge in [0.2, 0.25) is 0 Å². The predicted octanol–water partition coefficient (Wildman–Crippen LogP) is 11.4. The summed E-state index contributed by atoms with van der Waals surface area (Å²) in [6.07, 6.45) is 0. The van der Waals surface area contributed by atoms with E-state index in [2.05, 4.69) is 289 Å². The second-order valence-electron chi connectivity index (χ2n) is 19.6. The number of aromatic nitrogens is 2. The zero-order valence-electron chi connectivity index (χ0n) is 40.3. The van der Waals surface area contributed by atoms with Gasteiger partial charge in [0.25, 0.3) is 0 Å². The molecule has 0 saturated carbocycles. The Balaban J connectivity index is 0.865. The summed E-state index contributed by atoms with van der Waals surface area (Å²) in [6.45, 7) is 0. The molecule has 13 aromatic rings. The third kappa shape index (κ3) is 6.07. The van der Waals surface area contributed by atoms with Crippen molar-refractivity contribution in [1.82, 2.24) is 9.97 Å². The Bertz CT molecular complexity index is 3880. The molecule has 74 heavy (non-hydrogen) atoms. The number of benzene rings is 12. The van der Waals surface area contributed by atoms with E-state index in [-0.39, 0.29) is 0 Å². The Morgan fingerprint density at radius 2 is 0.554 bits per heavy atom. The van der Waals surface area contributed by atoms with Crippen molar-refractivity contribution in [3.05, 3.63) is 279 Å². The average Bonchev–Trinajstić information content (AvgIpc) is 3.49. The Labute approximate surface area is 431 Å². The number of rotatable bonds is 6. The van der Waals surface area contributed by atoms with E-state index in [0.717, 1.165) is 55.0 Å². The molecule has 0 bridgehead atoms. The van der Waals surface area contributed by atoms with Crippen LogP contribution >= 0.6 is 0 Å². The molecular formula is C68H46N4Si2. The van der Waals surface area contributed by atoms with Gasteiger partial charge in [-0.2, -0.15) is 0 Å². The Hall–Kier alpha value is -9.21. The van der Waals surface area contributed by atoms with Crippen LogP contribution in [0.1, 0.15) is 0 Å². The molecule has 4 nitrogen and oxygen atoms in total. The van der Waals surface area contributed by atoms with Gasteiger partial charge in [-0.1, -0.05) is 218 Å². The predicted molar refractivity (Wildman–Crippen MR) is 316 cm³/mol. The van der Waals surface area contributed by atoms with Crippen LogP contribution in [-0.2, 0) is 0 Å². The minimum Gasteiger partial charge on any atom is -0.311 e. The van der Waals surface area contributed by atoms with Gasteiger partial charge in [-0.25, -0.2) is 9.97 Å². The van der Waals surface area contributed by atoms with Crippen LogP contribution in [0.15, 0.2) is 279 Å². The van der Waals surface area contributed by atoms with E-state index in [1.54, 1.807) is 0 Å². The topological polar surface area (TPSA) is 32.3 Å². The van der Waals surface area contributed by atoms with Crippen molar-refractivity contribution in [3.8, 4) is 0 Å². The maximum Gasteiger partial charge on any atom is 0.184 e. The first-order valence-corrected chi connectivity index (χ1v) is 29.5.